The van der Waals surface area contributed by atoms with Gasteiger partial charge in [-0.2, -0.15) is 15.1 Å². The minimum absolute atomic E-state index is 0.0775. The molecule has 50 heavy (non-hydrogen) atoms. The molecule has 2 aliphatic carbocycles. The number of aromatic nitrogens is 4. The average Bonchev–Trinajstić information content (AvgIpc) is 3.79. The second-order valence-electron chi connectivity index (χ2n) is 12.9. The maximum Gasteiger partial charge on any atom is 0.407 e. The highest BCUT2D eigenvalue weighted by molar-refractivity contribution is 6.32. The number of H-pyrrole nitrogens is 1. The Morgan fingerprint density at radius 3 is 2.56 bits per heavy atom. The van der Waals surface area contributed by atoms with Gasteiger partial charge in [-0.05, 0) is 62.4 Å². The molecule has 2 saturated carbocycles. The number of anilines is 1. The van der Waals surface area contributed by atoms with Crippen molar-refractivity contribution in [2.24, 2.45) is 11.8 Å². The van der Waals surface area contributed by atoms with Gasteiger partial charge in [0.1, 0.15) is 17.2 Å². The van der Waals surface area contributed by atoms with Crippen molar-refractivity contribution in [2.45, 2.75) is 77.3 Å². The standard InChI is InChI=1S/C25H25ClFN7O3.C6H11F2N.2C2H6/c1-36-24-31-21-15-8-28-22(20(21)27)19-14-9-29-33-17(14)7-16(26)18(19)13-6-11(13)3-5-37-25(35)30-12-2-4-34(10-12)23(15)32-24;1-9(2)4-5-3-6(5,7)8;2*1-2/h7-9,11-13,22,28H,2-6,10H2,1H3,(H,29,33)(H,30,35);5H,3-4H2,1-2H3;2*1-2H3. The third-order valence-electron chi connectivity index (χ3n) is 9.39. The van der Waals surface area contributed by atoms with Crippen molar-refractivity contribution >= 4 is 46.4 Å². The first-order chi connectivity index (χ1) is 24.0. The number of nitrogens with zero attached hydrogens (tertiary/aromatic N) is 5. The van der Waals surface area contributed by atoms with Gasteiger partial charge in [0.2, 0.25) is 0 Å². The van der Waals surface area contributed by atoms with Crippen LogP contribution < -0.4 is 30.8 Å². The second kappa shape index (κ2) is 15.6. The van der Waals surface area contributed by atoms with Crippen molar-refractivity contribution in [1.82, 2.24) is 35.7 Å². The number of aromatic amines is 1. The fourth-order valence-electron chi connectivity index (χ4n) is 6.87. The number of benzene rings is 1. The van der Waals surface area contributed by atoms with Gasteiger partial charge in [0.25, 0.3) is 5.92 Å². The highest BCUT2D eigenvalue weighted by Gasteiger charge is 2.56. The molecule has 1 saturated heterocycles. The summed E-state index contributed by atoms with van der Waals surface area (Å²) in [7, 11) is 5.09. The monoisotopic (exact) mass is 720 g/mol. The predicted molar refractivity (Wildman–Crippen MR) is 189 cm³/mol. The molecular formula is C35H48ClF3N8O3. The third-order valence-corrected chi connectivity index (χ3v) is 9.71. The Morgan fingerprint density at radius 2 is 1.90 bits per heavy atom. The van der Waals surface area contributed by atoms with E-state index in [-0.39, 0.29) is 41.6 Å². The molecule has 2 aromatic heterocycles. The molecule has 6 aliphatic rings. The maximum atomic E-state index is 16.5. The van der Waals surface area contributed by atoms with Crippen molar-refractivity contribution in [2.75, 3.05) is 52.3 Å². The lowest BCUT2D eigenvalue weighted by atomic mass is 9.91. The zero-order valence-corrected chi connectivity index (χ0v) is 30.5. The first-order valence-electron chi connectivity index (χ1n) is 17.5. The molecule has 1 aromatic carbocycles. The number of amides is 1. The molecule has 4 aliphatic heterocycles. The summed E-state index contributed by atoms with van der Waals surface area (Å²) in [6, 6.07) is 1.00. The molecule has 0 spiro atoms. The van der Waals surface area contributed by atoms with Gasteiger partial charge in [0.15, 0.2) is 5.83 Å². The van der Waals surface area contributed by atoms with Crippen molar-refractivity contribution in [3.8, 4) is 6.01 Å². The molecule has 0 radical (unpaired) electrons. The van der Waals surface area contributed by atoms with E-state index in [9.17, 15) is 13.6 Å². The van der Waals surface area contributed by atoms with Crippen LogP contribution in [0.25, 0.3) is 22.9 Å². The number of hydrogen-bond donors (Lipinski definition) is 3. The van der Waals surface area contributed by atoms with Crippen LogP contribution in [0.15, 0.2) is 12.3 Å². The molecule has 1 amide bonds. The first kappa shape index (κ1) is 37.5. The maximum absolute atomic E-state index is 16.5. The summed E-state index contributed by atoms with van der Waals surface area (Å²) in [5.41, 5.74) is 2.37. The van der Waals surface area contributed by atoms with Crippen LogP contribution in [0.1, 0.15) is 76.5 Å². The zero-order chi connectivity index (χ0) is 36.3. The second-order valence-corrected chi connectivity index (χ2v) is 13.3. The molecule has 3 aromatic rings. The van der Waals surface area contributed by atoms with E-state index in [1.54, 1.807) is 17.3 Å². The number of hydrogen-bond acceptors (Lipinski definition) is 9. The molecule has 6 heterocycles. The minimum atomic E-state index is -2.34. The predicted octanol–water partition coefficient (Wildman–Crippen LogP) is 5.24. The summed E-state index contributed by atoms with van der Waals surface area (Å²) in [6.07, 6.45) is 5.44. The molecule has 15 heteroatoms. The van der Waals surface area contributed by atoms with Crippen molar-refractivity contribution in [1.29, 1.82) is 0 Å². The number of fused-ring (bicyclic) bond motifs is 6. The normalized spacial score (nSPS) is 25.4. The number of carbonyl (C=O) groups is 1. The molecule has 9 rings (SSSR count). The summed E-state index contributed by atoms with van der Waals surface area (Å²) < 4.78 is 51.6. The first-order valence-corrected chi connectivity index (χ1v) is 17.9. The van der Waals surface area contributed by atoms with Crippen molar-refractivity contribution in [3.63, 3.8) is 0 Å². The van der Waals surface area contributed by atoms with E-state index < -0.39 is 23.9 Å². The molecule has 274 valence electrons. The van der Waals surface area contributed by atoms with Gasteiger partial charge in [0.05, 0.1) is 36.7 Å². The van der Waals surface area contributed by atoms with Crippen molar-refractivity contribution in [3.05, 3.63) is 39.0 Å². The molecular weight excluding hydrogens is 673 g/mol. The van der Waals surface area contributed by atoms with Gasteiger partial charge >= 0.3 is 12.1 Å². The highest BCUT2D eigenvalue weighted by Crippen LogP contribution is 2.55. The Labute approximate surface area is 295 Å². The highest BCUT2D eigenvalue weighted by atomic mass is 35.5. The van der Waals surface area contributed by atoms with Crippen LogP contribution in [0.3, 0.4) is 0 Å². The lowest BCUT2D eigenvalue weighted by Gasteiger charge is -2.26. The number of carbonyl (C=O) groups excluding carboxylic acids is 1. The van der Waals surface area contributed by atoms with Gasteiger partial charge < -0.3 is 29.9 Å². The lowest BCUT2D eigenvalue weighted by Crippen LogP contribution is -2.45. The number of nitrogens with one attached hydrogen (secondary N) is 3. The molecule has 5 unspecified atom stereocenters. The van der Waals surface area contributed by atoms with Crippen LogP contribution in [0.5, 0.6) is 6.01 Å². The quantitative estimate of drug-likeness (QED) is 0.334. The van der Waals surface area contributed by atoms with E-state index in [0.29, 0.717) is 55.1 Å². The van der Waals surface area contributed by atoms with Gasteiger partial charge in [0, 0.05) is 48.6 Å². The molecule has 3 fully saturated rings. The Morgan fingerprint density at radius 1 is 1.16 bits per heavy atom. The Hall–Kier alpha value is -3.78. The van der Waals surface area contributed by atoms with Crippen LogP contribution >= 0.6 is 11.6 Å². The summed E-state index contributed by atoms with van der Waals surface area (Å²) in [5.74, 6) is -2.19. The van der Waals surface area contributed by atoms with E-state index in [0.717, 1.165) is 28.5 Å². The number of alkyl halides is 2. The largest absolute Gasteiger partial charge is 0.467 e. The average molecular weight is 721 g/mol. The van der Waals surface area contributed by atoms with Gasteiger partial charge in [-0.15, -0.1) is 0 Å². The van der Waals surface area contributed by atoms with Crippen LogP contribution in [-0.2, 0) is 4.74 Å². The topological polar surface area (TPSA) is 121 Å². The van der Waals surface area contributed by atoms with Crippen LogP contribution in [0.2, 0.25) is 5.02 Å². The molecule has 5 atom stereocenters. The minimum Gasteiger partial charge on any atom is -0.467 e. The van der Waals surface area contributed by atoms with Gasteiger partial charge in [-0.25, -0.2) is 18.0 Å². The van der Waals surface area contributed by atoms with E-state index >= 15 is 4.39 Å². The van der Waals surface area contributed by atoms with Crippen LogP contribution in [0.4, 0.5) is 23.8 Å². The Balaban J connectivity index is 0.000000321. The fraction of sp³-hybridized carbons (Fsp3) is 0.600. The van der Waals surface area contributed by atoms with E-state index in [2.05, 4.69) is 30.8 Å². The molecule has 11 nitrogen and oxygen atoms in total. The number of methoxy groups -OCH3 is 1. The Kier molecular flexibility index (Phi) is 11.7. The molecule has 6 bridgehead atoms. The van der Waals surface area contributed by atoms with Gasteiger partial charge in [-0.3, -0.25) is 5.10 Å². The van der Waals surface area contributed by atoms with E-state index in [1.807, 2.05) is 52.8 Å². The van der Waals surface area contributed by atoms with Gasteiger partial charge in [-0.1, -0.05) is 39.3 Å². The summed E-state index contributed by atoms with van der Waals surface area (Å²) in [5, 5.41) is 15.5. The number of halogens is 4. The van der Waals surface area contributed by atoms with Crippen LogP contribution in [0, 0.1) is 11.8 Å². The Bertz CT molecular complexity index is 1810. The van der Waals surface area contributed by atoms with E-state index in [1.165, 1.54) is 7.11 Å². The number of rotatable bonds is 3. The summed E-state index contributed by atoms with van der Waals surface area (Å²) in [4.78, 5) is 25.2. The lowest BCUT2D eigenvalue weighted by molar-refractivity contribution is 0.0923. The van der Waals surface area contributed by atoms with E-state index in [4.69, 9.17) is 21.1 Å². The van der Waals surface area contributed by atoms with Crippen molar-refractivity contribution < 1.29 is 27.4 Å². The molecule has 3 N–H and O–H groups in total. The third kappa shape index (κ3) is 7.75. The van der Waals surface area contributed by atoms with Crippen LogP contribution in [-0.4, -0.2) is 90.6 Å². The zero-order valence-electron chi connectivity index (χ0n) is 29.7. The SMILES string of the molecule is CC.CC.CN(C)CC1CC1(F)F.COc1nc2c3c(n1)=C(F)C(NC=3)c1c(c(Cl)cc3[nH]ncc13)C1CC1CCOC(=O)NC1CCN2C1. The number of ether oxygens (including phenoxy) is 2. The summed E-state index contributed by atoms with van der Waals surface area (Å²) >= 11 is 6.82. The smallest absolute Gasteiger partial charge is 0.407 e. The number of alkyl carbamates (subject to hydrolysis) is 1. The summed E-state index contributed by atoms with van der Waals surface area (Å²) in [6.45, 7) is 9.98. The fourth-order valence-corrected chi connectivity index (χ4v) is 7.22.